The number of rotatable bonds is 5. The van der Waals surface area contributed by atoms with Crippen molar-refractivity contribution in [1.29, 1.82) is 0 Å². The molecule has 1 unspecified atom stereocenters. The molecule has 7 aromatic rings. The molecule has 0 aliphatic carbocycles. The maximum atomic E-state index is 16.5. The molecule has 2 nitrogen and oxygen atoms in total. The maximum absolute atomic E-state index is 16.5. The van der Waals surface area contributed by atoms with Gasteiger partial charge in [0, 0.05) is 32.6 Å². The average Bonchev–Trinajstić information content (AvgIpc) is 3.11. The lowest BCUT2D eigenvalue weighted by atomic mass is 9.80. The SMILES string of the molecule is Cc1ccc2c(c1)-c1c(c(P(=O)(c3ccccc3)c3ccccc3)c3ccc(C)cc3c1-c1ccccc1)C(c1ccccc1)O2. The molecule has 1 heterocycles. The molecule has 0 bridgehead atoms. The summed E-state index contributed by atoms with van der Waals surface area (Å²) in [6, 6.07) is 54.1. The van der Waals surface area contributed by atoms with Crippen LogP contribution in [-0.4, -0.2) is 0 Å². The first kappa shape index (κ1) is 28.3. The van der Waals surface area contributed by atoms with Gasteiger partial charge in [-0.05, 0) is 53.4 Å². The van der Waals surface area contributed by atoms with Crippen molar-refractivity contribution in [1.82, 2.24) is 0 Å². The second-order valence-corrected chi connectivity index (χ2v) is 14.8. The van der Waals surface area contributed by atoms with Gasteiger partial charge in [-0.1, -0.05) is 157 Å². The van der Waals surface area contributed by atoms with E-state index in [1.165, 1.54) is 0 Å². The highest BCUT2D eigenvalue weighted by atomic mass is 31.2. The molecule has 0 radical (unpaired) electrons. The third-order valence-corrected chi connectivity index (χ3v) is 12.3. The van der Waals surface area contributed by atoms with Gasteiger partial charge in [0.25, 0.3) is 0 Å². The largest absolute Gasteiger partial charge is 0.480 e. The summed E-state index contributed by atoms with van der Waals surface area (Å²) in [5, 5.41) is 4.53. The van der Waals surface area contributed by atoms with Gasteiger partial charge in [-0.15, -0.1) is 0 Å². The summed E-state index contributed by atoms with van der Waals surface area (Å²) in [7, 11) is -3.47. The number of benzene rings is 7. The van der Waals surface area contributed by atoms with Gasteiger partial charge in [-0.2, -0.15) is 0 Å². The predicted octanol–water partition coefficient (Wildman–Crippen LogP) is 9.91. The monoisotopic (exact) mass is 612 g/mol. The van der Waals surface area contributed by atoms with Crippen molar-refractivity contribution < 1.29 is 9.30 Å². The van der Waals surface area contributed by atoms with Gasteiger partial charge in [0.1, 0.15) is 5.75 Å². The molecule has 8 rings (SSSR count). The molecule has 1 atom stereocenters. The van der Waals surface area contributed by atoms with Crippen LogP contribution in [0.15, 0.2) is 158 Å². The summed E-state index contributed by atoms with van der Waals surface area (Å²) >= 11 is 0. The van der Waals surface area contributed by atoms with Crippen molar-refractivity contribution in [3.05, 3.63) is 180 Å². The average molecular weight is 613 g/mol. The molecule has 0 fully saturated rings. The standard InChI is InChI=1S/C43H33O2P/c1-29-23-25-35-36(27-29)39(31-15-7-3-8-16-31)40-37-28-30(2)24-26-38(37)45-42(32-17-9-4-10-18-32)41(40)43(35)46(44,33-19-11-5-12-20-33)34-21-13-6-14-22-34/h3-28,42H,1-2H3. The van der Waals surface area contributed by atoms with Crippen molar-refractivity contribution >= 4 is 33.8 Å². The van der Waals surface area contributed by atoms with Crippen LogP contribution < -0.4 is 20.7 Å². The van der Waals surface area contributed by atoms with E-state index in [1.807, 2.05) is 66.7 Å². The number of aryl methyl sites for hydroxylation is 2. The minimum absolute atomic E-state index is 0.477. The Hall–Kier alpha value is -5.17. The van der Waals surface area contributed by atoms with Crippen LogP contribution in [0.4, 0.5) is 0 Å². The van der Waals surface area contributed by atoms with E-state index >= 15 is 4.57 Å². The normalized spacial score (nSPS) is 13.9. The van der Waals surface area contributed by atoms with Crippen molar-refractivity contribution in [2.24, 2.45) is 0 Å². The van der Waals surface area contributed by atoms with Crippen LogP contribution in [0.3, 0.4) is 0 Å². The number of hydrogen-bond donors (Lipinski definition) is 0. The molecule has 0 spiro atoms. The summed E-state index contributed by atoms with van der Waals surface area (Å²) < 4.78 is 23.6. The molecule has 0 aromatic heterocycles. The van der Waals surface area contributed by atoms with Crippen LogP contribution in [0, 0.1) is 13.8 Å². The minimum Gasteiger partial charge on any atom is -0.480 e. The van der Waals surface area contributed by atoms with E-state index in [0.717, 1.165) is 76.9 Å². The van der Waals surface area contributed by atoms with E-state index in [1.54, 1.807) is 0 Å². The third-order valence-electron chi connectivity index (χ3n) is 9.10. The maximum Gasteiger partial charge on any atom is 0.172 e. The van der Waals surface area contributed by atoms with E-state index in [4.69, 9.17) is 4.74 Å². The van der Waals surface area contributed by atoms with Crippen LogP contribution in [0.1, 0.15) is 28.4 Å². The van der Waals surface area contributed by atoms with Gasteiger partial charge in [-0.25, -0.2) is 0 Å². The zero-order chi connectivity index (χ0) is 31.3. The molecule has 46 heavy (non-hydrogen) atoms. The van der Waals surface area contributed by atoms with E-state index in [-0.39, 0.29) is 0 Å². The fourth-order valence-corrected chi connectivity index (χ4v) is 10.2. The Labute approximate surface area is 270 Å². The molecule has 3 heteroatoms. The molecule has 1 aliphatic heterocycles. The van der Waals surface area contributed by atoms with Gasteiger partial charge < -0.3 is 9.30 Å². The van der Waals surface area contributed by atoms with Crippen molar-refractivity contribution in [3.8, 4) is 28.0 Å². The molecule has 7 aromatic carbocycles. The quantitative estimate of drug-likeness (QED) is 0.181. The van der Waals surface area contributed by atoms with Crippen molar-refractivity contribution in [3.63, 3.8) is 0 Å². The van der Waals surface area contributed by atoms with E-state index in [2.05, 4.69) is 105 Å². The van der Waals surface area contributed by atoms with Crippen LogP contribution in [0.5, 0.6) is 5.75 Å². The van der Waals surface area contributed by atoms with Gasteiger partial charge in [-0.3, -0.25) is 0 Å². The highest BCUT2D eigenvalue weighted by Crippen LogP contribution is 2.56. The minimum atomic E-state index is -3.47. The number of ether oxygens (including phenoxy) is 1. The molecule has 0 amide bonds. The van der Waals surface area contributed by atoms with Crippen molar-refractivity contribution in [2.45, 2.75) is 20.0 Å². The van der Waals surface area contributed by atoms with Crippen molar-refractivity contribution in [2.75, 3.05) is 0 Å². The van der Waals surface area contributed by atoms with Gasteiger partial charge in [0.2, 0.25) is 0 Å². The lowest BCUT2D eigenvalue weighted by Crippen LogP contribution is -2.32. The van der Waals surface area contributed by atoms with E-state index < -0.39 is 13.2 Å². The van der Waals surface area contributed by atoms with Gasteiger partial charge in [0.15, 0.2) is 13.2 Å². The third kappa shape index (κ3) is 4.52. The first-order valence-corrected chi connectivity index (χ1v) is 17.4. The summed E-state index contributed by atoms with van der Waals surface area (Å²) in [6.07, 6.45) is -0.477. The predicted molar refractivity (Wildman–Crippen MR) is 193 cm³/mol. The molecular weight excluding hydrogens is 579 g/mol. The van der Waals surface area contributed by atoms with Gasteiger partial charge >= 0.3 is 0 Å². The lowest BCUT2D eigenvalue weighted by Gasteiger charge is -2.36. The zero-order valence-corrected chi connectivity index (χ0v) is 26.7. The fraction of sp³-hybridized carbons (Fsp3) is 0.0698. The smallest absolute Gasteiger partial charge is 0.172 e. The molecule has 0 saturated carbocycles. The first-order chi connectivity index (χ1) is 22.5. The molecule has 1 aliphatic rings. The topological polar surface area (TPSA) is 26.3 Å². The first-order valence-electron chi connectivity index (χ1n) is 15.7. The van der Waals surface area contributed by atoms with E-state index in [0.29, 0.717) is 0 Å². The summed E-state index contributed by atoms with van der Waals surface area (Å²) in [5.41, 5.74) is 8.67. The summed E-state index contributed by atoms with van der Waals surface area (Å²) in [4.78, 5) is 0. The highest BCUT2D eigenvalue weighted by molar-refractivity contribution is 7.85. The number of hydrogen-bond acceptors (Lipinski definition) is 2. The molecule has 0 N–H and O–H groups in total. The summed E-state index contributed by atoms with van der Waals surface area (Å²) in [6.45, 7) is 4.26. The highest BCUT2D eigenvalue weighted by Gasteiger charge is 2.42. The van der Waals surface area contributed by atoms with Crippen LogP contribution in [0.25, 0.3) is 33.0 Å². The fourth-order valence-electron chi connectivity index (χ4n) is 7.06. The Morgan fingerprint density at radius 1 is 0.543 bits per heavy atom. The molecule has 222 valence electrons. The van der Waals surface area contributed by atoms with Gasteiger partial charge in [0.05, 0.1) is 0 Å². The summed E-state index contributed by atoms with van der Waals surface area (Å²) in [5.74, 6) is 0.830. The van der Waals surface area contributed by atoms with Crippen LogP contribution >= 0.6 is 7.14 Å². The molecule has 0 saturated heterocycles. The lowest BCUT2D eigenvalue weighted by molar-refractivity contribution is 0.245. The Morgan fingerprint density at radius 2 is 1.09 bits per heavy atom. The molecular formula is C43H33O2P. The Bertz CT molecular complexity index is 2220. The Balaban J connectivity index is 1.66. The second kappa shape index (κ2) is 11.3. The van der Waals surface area contributed by atoms with E-state index in [9.17, 15) is 0 Å². The number of fused-ring (bicyclic) bond motifs is 4. The van der Waals surface area contributed by atoms with Crippen LogP contribution in [0.2, 0.25) is 0 Å². The van der Waals surface area contributed by atoms with Crippen LogP contribution in [-0.2, 0) is 4.57 Å². The Kier molecular flexibility index (Phi) is 6.97. The Morgan fingerprint density at radius 3 is 1.72 bits per heavy atom. The second-order valence-electron chi connectivity index (χ2n) is 12.1. The zero-order valence-electron chi connectivity index (χ0n) is 25.9.